The van der Waals surface area contributed by atoms with Crippen molar-refractivity contribution in [2.24, 2.45) is 5.92 Å². The summed E-state index contributed by atoms with van der Waals surface area (Å²) in [6.07, 6.45) is 1.19. The van der Waals surface area contributed by atoms with Crippen molar-refractivity contribution in [1.29, 1.82) is 0 Å². The number of nitrogens with one attached hydrogen (secondary N) is 2. The van der Waals surface area contributed by atoms with Crippen molar-refractivity contribution in [3.63, 3.8) is 0 Å². The van der Waals surface area contributed by atoms with E-state index < -0.39 is 0 Å². The van der Waals surface area contributed by atoms with Crippen molar-refractivity contribution in [2.75, 3.05) is 13.1 Å². The molecule has 0 aromatic rings. The lowest BCUT2D eigenvalue weighted by molar-refractivity contribution is -0.124. The van der Waals surface area contributed by atoms with Gasteiger partial charge in [0.1, 0.15) is 0 Å². The van der Waals surface area contributed by atoms with Crippen molar-refractivity contribution in [1.82, 2.24) is 10.6 Å². The molecular formula is C8H16N2O. The molecule has 1 heterocycles. The number of hydrogen-bond acceptors (Lipinski definition) is 2. The summed E-state index contributed by atoms with van der Waals surface area (Å²) in [7, 11) is 0. The SMILES string of the molecule is CC(C)C(=O)NCC1CCN1. The summed E-state index contributed by atoms with van der Waals surface area (Å²) in [4.78, 5) is 11.0. The summed E-state index contributed by atoms with van der Waals surface area (Å²) in [5, 5.41) is 6.11. The first-order valence-electron chi connectivity index (χ1n) is 4.21. The number of carbonyl (C=O) groups is 1. The van der Waals surface area contributed by atoms with Gasteiger partial charge in [-0.2, -0.15) is 0 Å². The highest BCUT2D eigenvalue weighted by Crippen LogP contribution is 2.00. The predicted octanol–water partition coefficient (Wildman–Crippen LogP) is 0.120. The van der Waals surface area contributed by atoms with E-state index in [-0.39, 0.29) is 11.8 Å². The van der Waals surface area contributed by atoms with Crippen molar-refractivity contribution in [3.05, 3.63) is 0 Å². The minimum atomic E-state index is 0.107. The van der Waals surface area contributed by atoms with E-state index in [9.17, 15) is 4.79 Å². The molecule has 0 spiro atoms. The zero-order valence-corrected chi connectivity index (χ0v) is 7.18. The van der Waals surface area contributed by atoms with E-state index >= 15 is 0 Å². The Hall–Kier alpha value is -0.570. The van der Waals surface area contributed by atoms with Gasteiger partial charge >= 0.3 is 0 Å². The van der Waals surface area contributed by atoms with Crippen molar-refractivity contribution < 1.29 is 4.79 Å². The van der Waals surface area contributed by atoms with Crippen LogP contribution in [0.5, 0.6) is 0 Å². The molecule has 3 heteroatoms. The third kappa shape index (κ3) is 2.50. The van der Waals surface area contributed by atoms with Crippen LogP contribution < -0.4 is 10.6 Å². The Kier molecular flexibility index (Phi) is 2.88. The molecule has 1 amide bonds. The van der Waals surface area contributed by atoms with E-state index in [1.54, 1.807) is 0 Å². The van der Waals surface area contributed by atoms with E-state index in [0.29, 0.717) is 6.04 Å². The summed E-state index contributed by atoms with van der Waals surface area (Å²) in [6.45, 7) is 5.70. The molecule has 0 aliphatic carbocycles. The van der Waals surface area contributed by atoms with Crippen LogP contribution in [0, 0.1) is 5.92 Å². The second-order valence-electron chi connectivity index (χ2n) is 3.34. The fraction of sp³-hybridized carbons (Fsp3) is 0.875. The van der Waals surface area contributed by atoms with Gasteiger partial charge < -0.3 is 10.6 Å². The molecule has 64 valence electrons. The largest absolute Gasteiger partial charge is 0.354 e. The summed E-state index contributed by atoms with van der Waals surface area (Å²) in [5.41, 5.74) is 0. The topological polar surface area (TPSA) is 41.1 Å². The van der Waals surface area contributed by atoms with Crippen molar-refractivity contribution in [3.8, 4) is 0 Å². The van der Waals surface area contributed by atoms with Gasteiger partial charge in [-0.1, -0.05) is 13.8 Å². The maximum atomic E-state index is 11.0. The molecule has 1 atom stereocenters. The summed E-state index contributed by atoms with van der Waals surface area (Å²) in [6, 6.07) is 0.526. The third-order valence-electron chi connectivity index (χ3n) is 1.97. The number of carbonyl (C=O) groups excluding carboxylic acids is 1. The molecule has 1 rings (SSSR count). The fourth-order valence-electron chi connectivity index (χ4n) is 0.951. The van der Waals surface area contributed by atoms with Crippen LogP contribution in [0.25, 0.3) is 0 Å². The molecule has 1 saturated heterocycles. The first-order valence-corrected chi connectivity index (χ1v) is 4.21. The van der Waals surface area contributed by atoms with Crippen LogP contribution in [0.2, 0.25) is 0 Å². The van der Waals surface area contributed by atoms with Gasteiger partial charge in [0.25, 0.3) is 0 Å². The standard InChI is InChI=1S/C8H16N2O/c1-6(2)8(11)10-5-7-3-4-9-7/h6-7,9H,3-5H2,1-2H3,(H,10,11). The molecule has 2 N–H and O–H groups in total. The molecule has 0 saturated carbocycles. The molecule has 0 aromatic heterocycles. The number of rotatable bonds is 3. The molecule has 0 radical (unpaired) electrons. The maximum Gasteiger partial charge on any atom is 0.222 e. The maximum absolute atomic E-state index is 11.0. The Bertz CT molecular complexity index is 141. The second kappa shape index (κ2) is 3.72. The van der Waals surface area contributed by atoms with Crippen LogP contribution >= 0.6 is 0 Å². The molecule has 11 heavy (non-hydrogen) atoms. The minimum absolute atomic E-state index is 0.107. The second-order valence-corrected chi connectivity index (χ2v) is 3.34. The van der Waals surface area contributed by atoms with Crippen molar-refractivity contribution >= 4 is 5.91 Å². The van der Waals surface area contributed by atoms with Gasteiger partial charge in [0.2, 0.25) is 5.91 Å². The van der Waals surface area contributed by atoms with E-state index in [4.69, 9.17) is 0 Å². The smallest absolute Gasteiger partial charge is 0.222 e. The zero-order chi connectivity index (χ0) is 8.27. The van der Waals surface area contributed by atoms with Crippen LogP contribution in [0.15, 0.2) is 0 Å². The van der Waals surface area contributed by atoms with Gasteiger partial charge in [0.15, 0.2) is 0 Å². The Morgan fingerprint density at radius 2 is 2.36 bits per heavy atom. The quantitative estimate of drug-likeness (QED) is 0.609. The van der Waals surface area contributed by atoms with Gasteiger partial charge in [0.05, 0.1) is 0 Å². The first kappa shape index (κ1) is 8.53. The molecule has 0 aromatic carbocycles. The number of hydrogen-bond donors (Lipinski definition) is 2. The highest BCUT2D eigenvalue weighted by molar-refractivity contribution is 5.77. The van der Waals surface area contributed by atoms with Gasteiger partial charge in [-0.05, 0) is 13.0 Å². The number of amides is 1. The summed E-state index contributed by atoms with van der Waals surface area (Å²) in [5.74, 6) is 0.258. The van der Waals surface area contributed by atoms with Crippen LogP contribution in [0.4, 0.5) is 0 Å². The molecule has 1 fully saturated rings. The van der Waals surface area contributed by atoms with Gasteiger partial charge in [-0.25, -0.2) is 0 Å². The van der Waals surface area contributed by atoms with E-state index in [1.165, 1.54) is 6.42 Å². The van der Waals surface area contributed by atoms with Crippen LogP contribution in [0.1, 0.15) is 20.3 Å². The van der Waals surface area contributed by atoms with Crippen LogP contribution in [-0.4, -0.2) is 25.0 Å². The average Bonchev–Trinajstić information content (AvgIpc) is 1.83. The highest BCUT2D eigenvalue weighted by Gasteiger charge is 2.17. The Labute approximate surface area is 67.5 Å². The Morgan fingerprint density at radius 3 is 2.73 bits per heavy atom. The van der Waals surface area contributed by atoms with Gasteiger partial charge in [0, 0.05) is 18.5 Å². The van der Waals surface area contributed by atoms with Gasteiger partial charge in [-0.15, -0.1) is 0 Å². The molecule has 1 unspecified atom stereocenters. The van der Waals surface area contributed by atoms with E-state index in [0.717, 1.165) is 13.1 Å². The summed E-state index contributed by atoms with van der Waals surface area (Å²) < 4.78 is 0. The molecule has 1 aliphatic heterocycles. The lowest BCUT2D eigenvalue weighted by Gasteiger charge is -2.27. The van der Waals surface area contributed by atoms with Crippen LogP contribution in [-0.2, 0) is 4.79 Å². The monoisotopic (exact) mass is 156 g/mol. The highest BCUT2D eigenvalue weighted by atomic mass is 16.1. The molecule has 0 bridgehead atoms. The van der Waals surface area contributed by atoms with E-state index in [1.807, 2.05) is 13.8 Å². The normalized spacial score (nSPS) is 23.0. The first-order chi connectivity index (χ1) is 5.20. The predicted molar refractivity (Wildman–Crippen MR) is 44.3 cm³/mol. The third-order valence-corrected chi connectivity index (χ3v) is 1.97. The lowest BCUT2D eigenvalue weighted by Crippen LogP contribution is -2.50. The van der Waals surface area contributed by atoms with Crippen molar-refractivity contribution in [2.45, 2.75) is 26.3 Å². The van der Waals surface area contributed by atoms with E-state index in [2.05, 4.69) is 10.6 Å². The molecule has 3 nitrogen and oxygen atoms in total. The average molecular weight is 156 g/mol. The minimum Gasteiger partial charge on any atom is -0.354 e. The Balaban J connectivity index is 2.06. The molecule has 1 aliphatic rings. The fourth-order valence-corrected chi connectivity index (χ4v) is 0.951. The lowest BCUT2D eigenvalue weighted by atomic mass is 10.1. The van der Waals surface area contributed by atoms with Gasteiger partial charge in [-0.3, -0.25) is 4.79 Å². The summed E-state index contributed by atoms with van der Waals surface area (Å²) >= 11 is 0. The van der Waals surface area contributed by atoms with Crippen LogP contribution in [0.3, 0.4) is 0 Å². The Morgan fingerprint density at radius 1 is 1.73 bits per heavy atom. The zero-order valence-electron chi connectivity index (χ0n) is 7.18. The molecular weight excluding hydrogens is 140 g/mol.